The molecule has 2 heterocycles. The van der Waals surface area contributed by atoms with E-state index in [2.05, 4.69) is 15.0 Å². The Morgan fingerprint density at radius 3 is 3.00 bits per heavy atom. The Balaban J connectivity index is 2.03. The van der Waals surface area contributed by atoms with E-state index in [-0.39, 0.29) is 18.6 Å². The molecular weight excluding hydrogens is 298 g/mol. The van der Waals surface area contributed by atoms with Crippen molar-refractivity contribution in [1.82, 2.24) is 14.9 Å². The molecule has 1 unspecified atom stereocenters. The van der Waals surface area contributed by atoms with Gasteiger partial charge in [0.05, 0.1) is 18.3 Å². The minimum atomic E-state index is -1.17. The van der Waals surface area contributed by atoms with Crippen LogP contribution in [0.2, 0.25) is 0 Å². The molecule has 0 bridgehead atoms. The summed E-state index contributed by atoms with van der Waals surface area (Å²) in [6.45, 7) is -0.402. The molecule has 2 rings (SSSR count). The number of hydrogen-bond donors (Lipinski definition) is 2. The summed E-state index contributed by atoms with van der Waals surface area (Å²) in [5.41, 5.74) is -0.307. The molecule has 1 atom stereocenters. The first-order chi connectivity index (χ1) is 10.0. The summed E-state index contributed by atoms with van der Waals surface area (Å²) in [5.74, 6) is -1.66. The van der Waals surface area contributed by atoms with Crippen LogP contribution in [0.4, 0.5) is 0 Å². The molecule has 0 saturated carbocycles. The van der Waals surface area contributed by atoms with Crippen molar-refractivity contribution in [2.75, 3.05) is 13.7 Å². The Kier molecular flexibility index (Phi) is 4.66. The highest BCUT2D eigenvalue weighted by molar-refractivity contribution is 7.16. The van der Waals surface area contributed by atoms with Crippen molar-refractivity contribution in [1.29, 1.82) is 0 Å². The number of carbonyl (C=O) groups excluding carboxylic acids is 1. The van der Waals surface area contributed by atoms with Gasteiger partial charge in [-0.1, -0.05) is 0 Å². The topological polar surface area (TPSA) is 111 Å². The number of hydrogen-bond acceptors (Lipinski definition) is 6. The average Bonchev–Trinajstić information content (AvgIpc) is 2.91. The number of fused-ring (bicyclic) bond motifs is 1. The van der Waals surface area contributed by atoms with E-state index in [0.29, 0.717) is 10.2 Å². The summed E-state index contributed by atoms with van der Waals surface area (Å²) in [6.07, 6.45) is 0.175. The predicted molar refractivity (Wildman–Crippen MR) is 75.3 cm³/mol. The van der Waals surface area contributed by atoms with Gasteiger partial charge in [0.15, 0.2) is 6.10 Å². The van der Waals surface area contributed by atoms with Gasteiger partial charge in [-0.05, 0) is 11.4 Å². The van der Waals surface area contributed by atoms with E-state index in [0.717, 1.165) is 0 Å². The molecule has 112 valence electrons. The normalized spacial score (nSPS) is 12.2. The number of carbonyl (C=O) groups is 2. The molecule has 0 aliphatic carbocycles. The maximum Gasteiger partial charge on any atom is 0.334 e. The fourth-order valence-electron chi connectivity index (χ4n) is 1.69. The third kappa shape index (κ3) is 3.44. The molecule has 0 aromatic carbocycles. The van der Waals surface area contributed by atoms with Gasteiger partial charge in [0.1, 0.15) is 11.4 Å². The molecular formula is C12H13N3O5S. The van der Waals surface area contributed by atoms with Gasteiger partial charge in [0.25, 0.3) is 5.56 Å². The second kappa shape index (κ2) is 6.46. The molecule has 2 aromatic heterocycles. The van der Waals surface area contributed by atoms with E-state index in [9.17, 15) is 14.4 Å². The fraction of sp³-hybridized carbons (Fsp3) is 0.333. The number of rotatable bonds is 6. The van der Waals surface area contributed by atoms with Crippen molar-refractivity contribution in [2.24, 2.45) is 0 Å². The van der Waals surface area contributed by atoms with Gasteiger partial charge in [-0.25, -0.2) is 9.78 Å². The lowest BCUT2D eigenvalue weighted by Crippen LogP contribution is -2.40. The molecule has 1 amide bonds. The van der Waals surface area contributed by atoms with E-state index in [1.165, 1.54) is 29.3 Å². The number of methoxy groups -OCH3 is 1. The highest BCUT2D eigenvalue weighted by atomic mass is 32.1. The lowest BCUT2D eigenvalue weighted by atomic mass is 10.3. The third-order valence-corrected chi connectivity index (χ3v) is 3.63. The molecule has 0 spiro atoms. The van der Waals surface area contributed by atoms with E-state index in [1.54, 1.807) is 11.4 Å². The Hall–Kier alpha value is -2.26. The van der Waals surface area contributed by atoms with Gasteiger partial charge in [-0.15, -0.1) is 11.3 Å². The van der Waals surface area contributed by atoms with Crippen LogP contribution in [0.15, 0.2) is 22.6 Å². The second-order valence-corrected chi connectivity index (χ2v) is 5.08. The maximum absolute atomic E-state index is 12.1. The summed E-state index contributed by atoms with van der Waals surface area (Å²) in [4.78, 5) is 39.2. The summed E-state index contributed by atoms with van der Waals surface area (Å²) in [5, 5.41) is 13.4. The second-order valence-electron chi connectivity index (χ2n) is 4.18. The van der Waals surface area contributed by atoms with Crippen molar-refractivity contribution in [2.45, 2.75) is 12.6 Å². The number of thiophene rings is 1. The molecule has 0 saturated heterocycles. The van der Waals surface area contributed by atoms with Crippen LogP contribution >= 0.6 is 11.3 Å². The highest BCUT2D eigenvalue weighted by Gasteiger charge is 2.17. The average molecular weight is 311 g/mol. The Morgan fingerprint density at radius 1 is 1.57 bits per heavy atom. The Morgan fingerprint density at radius 2 is 2.33 bits per heavy atom. The number of aliphatic carboxylic acids is 1. The molecule has 8 nitrogen and oxygen atoms in total. The molecule has 0 aliphatic heterocycles. The van der Waals surface area contributed by atoms with Crippen LogP contribution in [0, 0.1) is 0 Å². The number of carboxylic acid groups (broad SMARTS) is 1. The molecule has 2 N–H and O–H groups in total. The zero-order valence-corrected chi connectivity index (χ0v) is 11.9. The van der Waals surface area contributed by atoms with Gasteiger partial charge < -0.3 is 15.2 Å². The minimum Gasteiger partial charge on any atom is -0.479 e. The van der Waals surface area contributed by atoms with Crippen molar-refractivity contribution in [3.63, 3.8) is 0 Å². The van der Waals surface area contributed by atoms with Gasteiger partial charge in [-0.2, -0.15) is 0 Å². The van der Waals surface area contributed by atoms with Crippen molar-refractivity contribution in [3.8, 4) is 0 Å². The highest BCUT2D eigenvalue weighted by Crippen LogP contribution is 2.12. The maximum atomic E-state index is 12.1. The van der Waals surface area contributed by atoms with Crippen LogP contribution in [-0.4, -0.2) is 46.3 Å². The zero-order valence-electron chi connectivity index (χ0n) is 11.1. The van der Waals surface area contributed by atoms with Crippen LogP contribution in [0.5, 0.6) is 0 Å². The quantitative estimate of drug-likeness (QED) is 0.756. The third-order valence-electron chi connectivity index (χ3n) is 2.81. The van der Waals surface area contributed by atoms with E-state index in [1.807, 2.05) is 0 Å². The van der Waals surface area contributed by atoms with Crippen LogP contribution in [0.3, 0.4) is 0 Å². The van der Waals surface area contributed by atoms with Crippen molar-refractivity contribution >= 4 is 33.4 Å². The van der Waals surface area contributed by atoms with Gasteiger partial charge >= 0.3 is 5.97 Å². The molecule has 21 heavy (non-hydrogen) atoms. The molecule has 0 fully saturated rings. The van der Waals surface area contributed by atoms with Crippen LogP contribution in [-0.2, 0) is 20.9 Å². The van der Waals surface area contributed by atoms with Crippen LogP contribution in [0.1, 0.15) is 0 Å². The SMILES string of the molecule is COC(CNC(=O)Cn1cnc2sccc2c1=O)C(=O)O. The first-order valence-corrected chi connectivity index (χ1v) is 6.86. The monoisotopic (exact) mass is 311 g/mol. The number of amides is 1. The summed E-state index contributed by atoms with van der Waals surface area (Å²) >= 11 is 1.34. The van der Waals surface area contributed by atoms with Crippen molar-refractivity contribution in [3.05, 3.63) is 28.1 Å². The molecule has 0 radical (unpaired) electrons. The predicted octanol–water partition coefficient (Wildman–Crippen LogP) is -0.326. The Bertz CT molecular complexity index is 723. The van der Waals surface area contributed by atoms with Gasteiger partial charge in [0, 0.05) is 7.11 Å². The minimum absolute atomic E-state index is 0.173. The van der Waals surface area contributed by atoms with Gasteiger partial charge in [0.2, 0.25) is 5.91 Å². The van der Waals surface area contributed by atoms with Crippen LogP contribution in [0.25, 0.3) is 10.2 Å². The number of nitrogens with zero attached hydrogens (tertiary/aromatic N) is 2. The lowest BCUT2D eigenvalue weighted by Gasteiger charge is -2.12. The molecule has 2 aromatic rings. The summed E-state index contributed by atoms with van der Waals surface area (Å²) < 4.78 is 5.86. The van der Waals surface area contributed by atoms with Gasteiger partial charge in [-0.3, -0.25) is 14.2 Å². The number of carboxylic acids is 1. The first-order valence-electron chi connectivity index (χ1n) is 5.98. The number of nitrogens with one attached hydrogen (secondary N) is 1. The summed E-state index contributed by atoms with van der Waals surface area (Å²) in [7, 11) is 1.24. The standard InChI is InChI=1S/C12H13N3O5S/c1-20-8(12(18)19)4-13-9(16)5-15-6-14-10-7(11(15)17)2-3-21-10/h2-3,6,8H,4-5H2,1H3,(H,13,16)(H,18,19). The van der Waals surface area contributed by atoms with E-state index >= 15 is 0 Å². The van der Waals surface area contributed by atoms with Crippen molar-refractivity contribution < 1.29 is 19.4 Å². The lowest BCUT2D eigenvalue weighted by molar-refractivity contribution is -0.148. The van der Waals surface area contributed by atoms with E-state index < -0.39 is 18.0 Å². The number of aromatic nitrogens is 2. The van der Waals surface area contributed by atoms with Crippen LogP contribution < -0.4 is 10.9 Å². The molecule has 9 heteroatoms. The fourth-order valence-corrected chi connectivity index (χ4v) is 2.42. The smallest absolute Gasteiger partial charge is 0.334 e. The zero-order chi connectivity index (χ0) is 15.4. The number of ether oxygens (including phenoxy) is 1. The largest absolute Gasteiger partial charge is 0.479 e. The molecule has 0 aliphatic rings. The summed E-state index contributed by atoms with van der Waals surface area (Å²) in [6, 6.07) is 1.65. The first kappa shape index (κ1) is 15.1. The Labute approximate surface area is 123 Å². The van der Waals surface area contributed by atoms with E-state index in [4.69, 9.17) is 5.11 Å².